The molecule has 1 aromatic carbocycles. The second-order valence-corrected chi connectivity index (χ2v) is 9.82. The highest BCUT2D eigenvalue weighted by molar-refractivity contribution is 5.98. The van der Waals surface area contributed by atoms with Crippen molar-refractivity contribution in [2.24, 2.45) is 23.5 Å². The third-order valence-electron chi connectivity index (χ3n) is 7.81. The quantitative estimate of drug-likeness (QED) is 0.629. The molecule has 1 aromatic rings. The molecule has 1 heterocycles. The zero-order valence-electron chi connectivity index (χ0n) is 18.6. The summed E-state index contributed by atoms with van der Waals surface area (Å²) in [5, 5.41) is 9.90. The van der Waals surface area contributed by atoms with Gasteiger partial charge < -0.3 is 15.7 Å². The third-order valence-corrected chi connectivity index (χ3v) is 7.81. The van der Waals surface area contributed by atoms with E-state index >= 15 is 0 Å². The van der Waals surface area contributed by atoms with Crippen LogP contribution < -0.4 is 5.73 Å². The number of aromatic hydroxyl groups is 1. The molecule has 3 rings (SSSR count). The van der Waals surface area contributed by atoms with E-state index in [0.717, 1.165) is 45.3 Å². The number of nitrogens with zero attached hydrogens (tertiary/aromatic N) is 1. The Morgan fingerprint density at radius 1 is 1.27 bits per heavy atom. The number of nitrogens with two attached hydrogens (primary N) is 1. The number of hydrogen-bond donors (Lipinski definition) is 2. The van der Waals surface area contributed by atoms with Crippen molar-refractivity contribution in [2.45, 2.75) is 70.6 Å². The van der Waals surface area contributed by atoms with Crippen LogP contribution in [0.3, 0.4) is 0 Å². The molecule has 166 valence electrons. The molecule has 2 aliphatic rings. The molecule has 3 atom stereocenters. The lowest BCUT2D eigenvalue weighted by Crippen LogP contribution is -2.48. The lowest BCUT2D eigenvalue weighted by Gasteiger charge is -2.45. The maximum Gasteiger partial charge on any atom is 0.224 e. The second-order valence-electron chi connectivity index (χ2n) is 9.82. The average Bonchev–Trinajstić information content (AvgIpc) is 2.71. The Balaban J connectivity index is 1.61. The molecule has 0 bridgehead atoms. The predicted molar refractivity (Wildman–Crippen MR) is 119 cm³/mol. The molecule has 3 unspecified atom stereocenters. The Hall–Kier alpha value is -1.88. The van der Waals surface area contributed by atoms with Gasteiger partial charge in [0, 0.05) is 12.5 Å². The van der Waals surface area contributed by atoms with E-state index in [-0.39, 0.29) is 23.5 Å². The van der Waals surface area contributed by atoms with Crippen LogP contribution in [0.2, 0.25) is 0 Å². The zero-order chi connectivity index (χ0) is 21.7. The summed E-state index contributed by atoms with van der Waals surface area (Å²) in [6.45, 7) is 7.44. The van der Waals surface area contributed by atoms with Crippen LogP contribution in [0.25, 0.3) is 0 Å². The van der Waals surface area contributed by atoms with Gasteiger partial charge in [0.25, 0.3) is 0 Å². The molecule has 0 aromatic heterocycles. The van der Waals surface area contributed by atoms with Crippen LogP contribution in [0.5, 0.6) is 5.75 Å². The van der Waals surface area contributed by atoms with Crippen LogP contribution in [-0.2, 0) is 15.0 Å². The van der Waals surface area contributed by atoms with E-state index in [2.05, 4.69) is 24.8 Å². The van der Waals surface area contributed by atoms with Gasteiger partial charge in [-0.05, 0) is 73.7 Å². The van der Waals surface area contributed by atoms with Gasteiger partial charge >= 0.3 is 0 Å². The van der Waals surface area contributed by atoms with Gasteiger partial charge in [-0.2, -0.15) is 0 Å². The molecular weight excluding hydrogens is 376 g/mol. The predicted octanol–water partition coefficient (Wildman–Crippen LogP) is 4.02. The van der Waals surface area contributed by atoms with E-state index in [1.165, 1.54) is 24.8 Å². The van der Waals surface area contributed by atoms with Gasteiger partial charge in [0.1, 0.15) is 11.5 Å². The average molecular weight is 415 g/mol. The van der Waals surface area contributed by atoms with Crippen LogP contribution in [0, 0.1) is 17.8 Å². The summed E-state index contributed by atoms with van der Waals surface area (Å²) in [5.41, 5.74) is 6.57. The minimum Gasteiger partial charge on any atom is -0.508 e. The number of hydrogen-bond acceptors (Lipinski definition) is 4. The van der Waals surface area contributed by atoms with Crippen LogP contribution >= 0.6 is 0 Å². The van der Waals surface area contributed by atoms with Crippen LogP contribution in [0.4, 0.5) is 0 Å². The molecule has 1 aliphatic carbocycles. The molecule has 1 aliphatic heterocycles. The number of ketones is 1. The van der Waals surface area contributed by atoms with Crippen molar-refractivity contribution in [3.8, 4) is 5.75 Å². The SMILES string of the molecule is CC1CN(CCC(C(=O)CC(N)=O)C2CCCCC2)CCC1(C)c1cccc(O)c1. The number of piperidine rings is 1. The molecule has 1 amide bonds. The summed E-state index contributed by atoms with van der Waals surface area (Å²) in [6.07, 6.45) is 7.56. The number of benzene rings is 1. The first kappa shape index (κ1) is 22.8. The molecule has 0 radical (unpaired) electrons. The van der Waals surface area contributed by atoms with Crippen molar-refractivity contribution >= 4 is 11.7 Å². The number of phenols is 1. The first-order valence-corrected chi connectivity index (χ1v) is 11.6. The fourth-order valence-corrected chi connectivity index (χ4v) is 5.63. The summed E-state index contributed by atoms with van der Waals surface area (Å²) < 4.78 is 0. The Kier molecular flexibility index (Phi) is 7.56. The number of Topliss-reactive ketones (excluding diaryl/α,β-unsaturated/α-hetero) is 1. The van der Waals surface area contributed by atoms with Crippen molar-refractivity contribution in [2.75, 3.05) is 19.6 Å². The topological polar surface area (TPSA) is 83.6 Å². The maximum absolute atomic E-state index is 12.8. The number of primary amides is 1. The first-order chi connectivity index (χ1) is 14.3. The molecule has 5 nitrogen and oxygen atoms in total. The highest BCUT2D eigenvalue weighted by Gasteiger charge is 2.38. The van der Waals surface area contributed by atoms with E-state index in [0.29, 0.717) is 17.6 Å². The second kappa shape index (κ2) is 9.95. The lowest BCUT2D eigenvalue weighted by molar-refractivity contribution is -0.130. The number of rotatable bonds is 8. The van der Waals surface area contributed by atoms with E-state index in [1.807, 2.05) is 12.1 Å². The van der Waals surface area contributed by atoms with E-state index in [4.69, 9.17) is 5.73 Å². The van der Waals surface area contributed by atoms with Gasteiger partial charge in [-0.25, -0.2) is 0 Å². The molecule has 1 saturated carbocycles. The zero-order valence-corrected chi connectivity index (χ0v) is 18.6. The number of amides is 1. The number of phenolic OH excluding ortho intramolecular Hbond substituents is 1. The summed E-state index contributed by atoms with van der Waals surface area (Å²) in [6, 6.07) is 7.66. The van der Waals surface area contributed by atoms with E-state index in [1.54, 1.807) is 6.07 Å². The molecule has 5 heteroatoms. The molecule has 3 N–H and O–H groups in total. The normalized spacial score (nSPS) is 26.9. The van der Waals surface area contributed by atoms with Crippen molar-refractivity contribution in [1.82, 2.24) is 4.90 Å². The summed E-state index contributed by atoms with van der Waals surface area (Å²) in [7, 11) is 0. The lowest BCUT2D eigenvalue weighted by atomic mass is 9.68. The fraction of sp³-hybridized carbons (Fsp3) is 0.680. The van der Waals surface area contributed by atoms with Gasteiger partial charge in [0.15, 0.2) is 0 Å². The number of carbonyl (C=O) groups excluding carboxylic acids is 2. The van der Waals surface area contributed by atoms with E-state index < -0.39 is 5.91 Å². The first-order valence-electron chi connectivity index (χ1n) is 11.6. The van der Waals surface area contributed by atoms with Crippen molar-refractivity contribution in [1.29, 1.82) is 0 Å². The van der Waals surface area contributed by atoms with E-state index in [9.17, 15) is 14.7 Å². The van der Waals surface area contributed by atoms with Crippen LogP contribution in [0.15, 0.2) is 24.3 Å². The molecule has 2 fully saturated rings. The van der Waals surface area contributed by atoms with Crippen LogP contribution in [-0.4, -0.2) is 41.3 Å². The monoisotopic (exact) mass is 414 g/mol. The van der Waals surface area contributed by atoms with Crippen molar-refractivity contribution in [3.63, 3.8) is 0 Å². The molecule has 0 spiro atoms. The Bertz CT molecular complexity index is 744. The van der Waals surface area contributed by atoms with Gasteiger partial charge in [-0.3, -0.25) is 9.59 Å². The smallest absolute Gasteiger partial charge is 0.224 e. The van der Waals surface area contributed by atoms with Gasteiger partial charge in [-0.1, -0.05) is 45.2 Å². The Labute approximate surface area is 181 Å². The molecular formula is C25H38N2O3. The Morgan fingerprint density at radius 2 is 2.00 bits per heavy atom. The highest BCUT2D eigenvalue weighted by Crippen LogP contribution is 2.40. The standard InChI is InChI=1S/C25H38N2O3/c1-18-17-27(14-12-25(18,2)20-9-6-10-21(28)15-20)13-11-22(23(29)16-24(26)30)19-7-4-3-5-8-19/h6,9-10,15,18-19,22,28H,3-5,7-8,11-14,16-17H2,1-2H3,(H2,26,30). The third kappa shape index (κ3) is 5.42. The molecule has 1 saturated heterocycles. The fourth-order valence-electron chi connectivity index (χ4n) is 5.63. The maximum atomic E-state index is 12.8. The number of carbonyl (C=O) groups is 2. The van der Waals surface area contributed by atoms with Gasteiger partial charge in [0.2, 0.25) is 5.91 Å². The van der Waals surface area contributed by atoms with Crippen LogP contribution in [0.1, 0.15) is 70.8 Å². The minimum atomic E-state index is -0.505. The Morgan fingerprint density at radius 3 is 2.63 bits per heavy atom. The largest absolute Gasteiger partial charge is 0.508 e. The summed E-state index contributed by atoms with van der Waals surface area (Å²) in [4.78, 5) is 26.6. The van der Waals surface area contributed by atoms with Gasteiger partial charge in [-0.15, -0.1) is 0 Å². The molecule has 30 heavy (non-hydrogen) atoms. The number of likely N-dealkylation sites (tertiary alicyclic amines) is 1. The summed E-state index contributed by atoms with van der Waals surface area (Å²) in [5.74, 6) is 0.686. The summed E-state index contributed by atoms with van der Waals surface area (Å²) >= 11 is 0. The highest BCUT2D eigenvalue weighted by atomic mass is 16.3. The van der Waals surface area contributed by atoms with Gasteiger partial charge in [0.05, 0.1) is 6.42 Å². The minimum absolute atomic E-state index is 0.0347. The van der Waals surface area contributed by atoms with Crippen molar-refractivity contribution in [3.05, 3.63) is 29.8 Å². The van der Waals surface area contributed by atoms with Crippen molar-refractivity contribution < 1.29 is 14.7 Å².